The first-order valence-corrected chi connectivity index (χ1v) is 9.24. The van der Waals surface area contributed by atoms with Crippen molar-refractivity contribution < 1.29 is 0 Å². The van der Waals surface area contributed by atoms with Gasteiger partial charge in [0.2, 0.25) is 0 Å². The molecule has 0 bridgehead atoms. The fourth-order valence-corrected chi connectivity index (χ4v) is 4.70. The van der Waals surface area contributed by atoms with E-state index in [2.05, 4.69) is 50.1 Å². The van der Waals surface area contributed by atoms with Gasteiger partial charge >= 0.3 is 0 Å². The minimum Gasteiger partial charge on any atom is -0.313 e. The zero-order valence-corrected chi connectivity index (χ0v) is 14.7. The van der Waals surface area contributed by atoms with Crippen LogP contribution < -0.4 is 5.32 Å². The highest BCUT2D eigenvalue weighted by Crippen LogP contribution is 2.44. The molecule has 1 aromatic rings. The van der Waals surface area contributed by atoms with E-state index in [1.807, 2.05) is 24.2 Å². The normalized spacial score (nSPS) is 26.8. The lowest BCUT2D eigenvalue weighted by atomic mass is 9.68. The summed E-state index contributed by atoms with van der Waals surface area (Å²) >= 11 is 2.04. The number of rotatable bonds is 6. The molecule has 3 atom stereocenters. The lowest BCUT2D eigenvalue weighted by molar-refractivity contribution is 0.141. The van der Waals surface area contributed by atoms with Crippen molar-refractivity contribution in [1.29, 1.82) is 0 Å². The molecule has 1 aliphatic rings. The van der Waals surface area contributed by atoms with E-state index in [1.54, 1.807) is 0 Å². The largest absolute Gasteiger partial charge is 0.313 e. The SMILES string of the molecule is CCNC1CCC(C(C)(C)CC)CC1Sc1ccncc1. The van der Waals surface area contributed by atoms with Crippen molar-refractivity contribution in [1.82, 2.24) is 10.3 Å². The van der Waals surface area contributed by atoms with Gasteiger partial charge < -0.3 is 5.32 Å². The molecule has 0 spiro atoms. The second-order valence-electron chi connectivity index (χ2n) is 6.86. The van der Waals surface area contributed by atoms with Gasteiger partial charge in [0, 0.05) is 28.6 Å². The van der Waals surface area contributed by atoms with Crippen molar-refractivity contribution in [2.24, 2.45) is 11.3 Å². The number of pyridine rings is 1. The van der Waals surface area contributed by atoms with Crippen molar-refractivity contribution in [3.63, 3.8) is 0 Å². The van der Waals surface area contributed by atoms with E-state index in [9.17, 15) is 0 Å². The summed E-state index contributed by atoms with van der Waals surface area (Å²) < 4.78 is 0. The Kier molecular flexibility index (Phi) is 6.12. The smallest absolute Gasteiger partial charge is 0.0278 e. The Hall–Kier alpha value is -0.540. The molecule has 1 aromatic heterocycles. The van der Waals surface area contributed by atoms with E-state index in [0.29, 0.717) is 16.7 Å². The lowest BCUT2D eigenvalue weighted by Crippen LogP contribution is -2.45. The van der Waals surface area contributed by atoms with Gasteiger partial charge in [0.25, 0.3) is 0 Å². The summed E-state index contributed by atoms with van der Waals surface area (Å²) in [4.78, 5) is 5.49. The Morgan fingerprint density at radius 3 is 2.57 bits per heavy atom. The molecular weight excluding hydrogens is 276 g/mol. The van der Waals surface area contributed by atoms with Crippen LogP contribution in [0.3, 0.4) is 0 Å². The summed E-state index contributed by atoms with van der Waals surface area (Å²) in [5, 5.41) is 4.39. The van der Waals surface area contributed by atoms with Crippen LogP contribution in [0.5, 0.6) is 0 Å². The zero-order valence-electron chi connectivity index (χ0n) is 13.9. The van der Waals surface area contributed by atoms with Gasteiger partial charge in [-0.1, -0.05) is 34.1 Å². The predicted octanol–water partition coefficient (Wildman–Crippen LogP) is 4.76. The lowest BCUT2D eigenvalue weighted by Gasteiger charge is -2.43. The van der Waals surface area contributed by atoms with Crippen LogP contribution in [0, 0.1) is 11.3 Å². The zero-order chi connectivity index (χ0) is 15.3. The molecule has 1 heterocycles. The van der Waals surface area contributed by atoms with E-state index in [4.69, 9.17) is 0 Å². The van der Waals surface area contributed by atoms with Gasteiger partial charge in [-0.2, -0.15) is 0 Å². The maximum absolute atomic E-state index is 4.13. The first-order chi connectivity index (χ1) is 10.1. The fraction of sp³-hybridized carbons (Fsp3) is 0.722. The van der Waals surface area contributed by atoms with E-state index < -0.39 is 0 Å². The third kappa shape index (κ3) is 4.46. The molecule has 0 radical (unpaired) electrons. The number of hydrogen-bond donors (Lipinski definition) is 1. The highest BCUT2D eigenvalue weighted by molar-refractivity contribution is 8.00. The average molecular weight is 307 g/mol. The van der Waals surface area contributed by atoms with Crippen LogP contribution in [0.4, 0.5) is 0 Å². The molecule has 1 saturated carbocycles. The van der Waals surface area contributed by atoms with Crippen molar-refractivity contribution in [3.05, 3.63) is 24.5 Å². The van der Waals surface area contributed by atoms with Crippen LogP contribution in [-0.2, 0) is 0 Å². The quantitative estimate of drug-likeness (QED) is 0.820. The van der Waals surface area contributed by atoms with E-state index >= 15 is 0 Å². The third-order valence-corrected chi connectivity index (χ3v) is 6.58. The average Bonchev–Trinajstić information content (AvgIpc) is 2.50. The molecule has 21 heavy (non-hydrogen) atoms. The molecule has 0 aromatic carbocycles. The Bertz CT molecular complexity index is 418. The molecule has 0 saturated heterocycles. The Morgan fingerprint density at radius 1 is 1.24 bits per heavy atom. The summed E-state index contributed by atoms with van der Waals surface area (Å²) in [6, 6.07) is 4.93. The first-order valence-electron chi connectivity index (χ1n) is 8.37. The van der Waals surface area contributed by atoms with Crippen molar-refractivity contribution >= 4 is 11.8 Å². The minimum absolute atomic E-state index is 0.467. The van der Waals surface area contributed by atoms with Crippen molar-refractivity contribution in [2.75, 3.05) is 6.54 Å². The van der Waals surface area contributed by atoms with E-state index in [1.165, 1.54) is 30.6 Å². The van der Waals surface area contributed by atoms with Crippen LogP contribution in [0.15, 0.2) is 29.4 Å². The van der Waals surface area contributed by atoms with Crippen molar-refractivity contribution in [3.8, 4) is 0 Å². The van der Waals surface area contributed by atoms with Gasteiger partial charge in [0.1, 0.15) is 0 Å². The molecule has 1 N–H and O–H groups in total. The first kappa shape index (κ1) is 16.8. The molecule has 0 amide bonds. The second-order valence-corrected chi connectivity index (χ2v) is 8.17. The van der Waals surface area contributed by atoms with Gasteiger partial charge in [-0.05, 0) is 49.3 Å². The van der Waals surface area contributed by atoms with Crippen LogP contribution in [0.1, 0.15) is 53.4 Å². The number of nitrogens with one attached hydrogen (secondary N) is 1. The van der Waals surface area contributed by atoms with Crippen LogP contribution in [0.2, 0.25) is 0 Å². The fourth-order valence-electron chi connectivity index (χ4n) is 3.35. The maximum Gasteiger partial charge on any atom is 0.0278 e. The van der Waals surface area contributed by atoms with Crippen LogP contribution >= 0.6 is 11.8 Å². The number of aromatic nitrogens is 1. The Labute approximate surface area is 134 Å². The van der Waals surface area contributed by atoms with E-state index in [0.717, 1.165) is 12.5 Å². The van der Waals surface area contributed by atoms with Gasteiger partial charge in [0.05, 0.1) is 0 Å². The van der Waals surface area contributed by atoms with Crippen molar-refractivity contribution in [2.45, 2.75) is 69.6 Å². The summed E-state index contributed by atoms with van der Waals surface area (Å²) in [6.45, 7) is 10.5. The maximum atomic E-state index is 4.13. The summed E-state index contributed by atoms with van der Waals surface area (Å²) in [7, 11) is 0. The monoisotopic (exact) mass is 306 g/mol. The second kappa shape index (κ2) is 7.64. The topological polar surface area (TPSA) is 24.9 Å². The highest BCUT2D eigenvalue weighted by atomic mass is 32.2. The van der Waals surface area contributed by atoms with Gasteiger partial charge in [-0.25, -0.2) is 0 Å². The molecule has 3 unspecified atom stereocenters. The molecule has 0 aliphatic heterocycles. The molecular formula is C18H30N2S. The number of hydrogen-bond acceptors (Lipinski definition) is 3. The van der Waals surface area contributed by atoms with Gasteiger partial charge in [-0.15, -0.1) is 11.8 Å². The summed E-state index contributed by atoms with van der Waals surface area (Å²) in [5.74, 6) is 0.844. The number of thioether (sulfide) groups is 1. The summed E-state index contributed by atoms with van der Waals surface area (Å²) in [5.41, 5.74) is 0.467. The third-order valence-electron chi connectivity index (χ3n) is 5.21. The highest BCUT2D eigenvalue weighted by Gasteiger charge is 2.37. The standard InChI is InChI=1S/C18H30N2S/c1-5-18(3,4)14-7-8-16(20-6-2)17(13-14)21-15-9-11-19-12-10-15/h9-12,14,16-17,20H,5-8,13H2,1-4H3. The predicted molar refractivity (Wildman–Crippen MR) is 92.8 cm³/mol. The van der Waals surface area contributed by atoms with Gasteiger partial charge in [0.15, 0.2) is 0 Å². The molecule has 2 nitrogen and oxygen atoms in total. The molecule has 118 valence electrons. The molecule has 1 aliphatic carbocycles. The minimum atomic E-state index is 0.467. The molecule has 3 heteroatoms. The number of nitrogens with zero attached hydrogens (tertiary/aromatic N) is 1. The molecule has 2 rings (SSSR count). The Balaban J connectivity index is 2.08. The van der Waals surface area contributed by atoms with Crippen LogP contribution in [-0.4, -0.2) is 22.8 Å². The van der Waals surface area contributed by atoms with E-state index in [-0.39, 0.29) is 0 Å². The summed E-state index contributed by atoms with van der Waals surface area (Å²) in [6.07, 6.45) is 9.08. The van der Waals surface area contributed by atoms with Crippen LogP contribution in [0.25, 0.3) is 0 Å². The Morgan fingerprint density at radius 2 is 1.95 bits per heavy atom. The van der Waals surface area contributed by atoms with Gasteiger partial charge in [-0.3, -0.25) is 4.98 Å². The molecule has 1 fully saturated rings.